The molecule has 0 saturated carbocycles. The normalized spacial score (nSPS) is 10.2. The highest BCUT2D eigenvalue weighted by Gasteiger charge is 2.24. The van der Waals surface area contributed by atoms with Gasteiger partial charge in [0.2, 0.25) is 0 Å². The fourth-order valence-electron chi connectivity index (χ4n) is 1.53. The monoisotopic (exact) mass is 243 g/mol. The highest BCUT2D eigenvalue weighted by molar-refractivity contribution is 6.30. The smallest absolute Gasteiger partial charge is 0.355 e. The quantitative estimate of drug-likeness (QED) is 0.793. The molecule has 0 spiro atoms. The van der Waals surface area contributed by atoms with Crippen LogP contribution in [0.5, 0.6) is 0 Å². The Morgan fingerprint density at radius 2 is 1.88 bits per heavy atom. The zero-order chi connectivity index (χ0) is 12.5. The molecule has 0 saturated heterocycles. The van der Waals surface area contributed by atoms with Crippen molar-refractivity contribution in [3.63, 3.8) is 0 Å². The number of hydrogen-bond acceptors (Lipinski definition) is 3. The molecule has 6 heteroatoms. The van der Waals surface area contributed by atoms with E-state index in [-0.39, 0.29) is 10.7 Å². The van der Waals surface area contributed by atoms with Crippen molar-refractivity contribution in [2.24, 2.45) is 0 Å². The van der Waals surface area contributed by atoms with Gasteiger partial charge in [0.05, 0.1) is 5.56 Å². The van der Waals surface area contributed by atoms with E-state index in [4.69, 9.17) is 21.8 Å². The largest absolute Gasteiger partial charge is 0.478 e. The Balaban J connectivity index is 3.65. The van der Waals surface area contributed by atoms with Crippen molar-refractivity contribution in [2.75, 3.05) is 0 Å². The summed E-state index contributed by atoms with van der Waals surface area (Å²) in [5, 5.41) is 17.8. The Morgan fingerprint density at radius 1 is 1.31 bits per heavy atom. The van der Waals surface area contributed by atoms with Gasteiger partial charge in [0.1, 0.15) is 5.15 Å². The highest BCUT2D eigenvalue weighted by atomic mass is 35.5. The van der Waals surface area contributed by atoms with Crippen LogP contribution in [-0.4, -0.2) is 27.1 Å². The number of hydrogen-bond donors (Lipinski definition) is 2. The first-order valence-corrected chi connectivity index (χ1v) is 4.93. The summed E-state index contributed by atoms with van der Waals surface area (Å²) < 4.78 is 0. The van der Waals surface area contributed by atoms with Crippen LogP contribution in [0, 0.1) is 6.92 Å². The summed E-state index contributed by atoms with van der Waals surface area (Å²) >= 11 is 5.79. The standard InChI is InChI=1S/C10H10ClNO4/c1-3-5-4(2)6(9(13)14)7(10(15)16)12-8(5)11/h3H2,1-2H3,(H,13,14)(H,15,16). The lowest BCUT2D eigenvalue weighted by Crippen LogP contribution is -2.15. The van der Waals surface area contributed by atoms with Crippen LogP contribution in [0.15, 0.2) is 0 Å². The lowest BCUT2D eigenvalue weighted by atomic mass is 10.0. The summed E-state index contributed by atoms with van der Waals surface area (Å²) in [5.41, 5.74) is 0.0948. The summed E-state index contributed by atoms with van der Waals surface area (Å²) in [7, 11) is 0. The third kappa shape index (κ3) is 1.99. The number of aromatic carboxylic acids is 2. The number of carbonyl (C=O) groups is 2. The third-order valence-electron chi connectivity index (χ3n) is 2.29. The number of aromatic nitrogens is 1. The third-order valence-corrected chi connectivity index (χ3v) is 2.61. The molecule has 1 rings (SSSR count). The van der Waals surface area contributed by atoms with E-state index in [2.05, 4.69) is 4.98 Å². The van der Waals surface area contributed by atoms with Crippen molar-refractivity contribution in [2.45, 2.75) is 20.3 Å². The maximum atomic E-state index is 11.0. The first-order valence-electron chi connectivity index (χ1n) is 4.55. The second kappa shape index (κ2) is 4.49. The molecular formula is C10H10ClNO4. The number of carboxylic acid groups (broad SMARTS) is 2. The van der Waals surface area contributed by atoms with Crippen LogP contribution >= 0.6 is 11.6 Å². The molecule has 0 atom stereocenters. The molecule has 86 valence electrons. The van der Waals surface area contributed by atoms with Gasteiger partial charge in [-0.2, -0.15) is 0 Å². The molecule has 0 aliphatic carbocycles. The van der Waals surface area contributed by atoms with E-state index in [1.165, 1.54) is 6.92 Å². The van der Waals surface area contributed by atoms with Crippen LogP contribution in [0.4, 0.5) is 0 Å². The van der Waals surface area contributed by atoms with Crippen molar-refractivity contribution >= 4 is 23.5 Å². The van der Waals surface area contributed by atoms with E-state index in [0.29, 0.717) is 17.5 Å². The first-order chi connectivity index (χ1) is 7.40. The minimum Gasteiger partial charge on any atom is -0.478 e. The van der Waals surface area contributed by atoms with Crippen molar-refractivity contribution in [3.05, 3.63) is 27.5 Å². The van der Waals surface area contributed by atoms with Gasteiger partial charge < -0.3 is 10.2 Å². The number of nitrogens with zero attached hydrogens (tertiary/aromatic N) is 1. The Labute approximate surface area is 96.7 Å². The Kier molecular flexibility index (Phi) is 3.49. The van der Waals surface area contributed by atoms with Crippen molar-refractivity contribution in [1.29, 1.82) is 0 Å². The van der Waals surface area contributed by atoms with E-state index in [0.717, 1.165) is 0 Å². The second-order valence-corrected chi connectivity index (χ2v) is 3.55. The molecule has 16 heavy (non-hydrogen) atoms. The van der Waals surface area contributed by atoms with Gasteiger partial charge >= 0.3 is 11.9 Å². The fraction of sp³-hybridized carbons (Fsp3) is 0.300. The fourth-order valence-corrected chi connectivity index (χ4v) is 1.89. The Bertz CT molecular complexity index is 470. The average molecular weight is 244 g/mol. The maximum absolute atomic E-state index is 11.0. The van der Waals surface area contributed by atoms with Gasteiger partial charge in [-0.1, -0.05) is 18.5 Å². The summed E-state index contributed by atoms with van der Waals surface area (Å²) in [5.74, 6) is -2.71. The predicted octanol–water partition coefficient (Wildman–Crippen LogP) is 2.00. The van der Waals surface area contributed by atoms with Gasteiger partial charge in [-0.15, -0.1) is 0 Å². The summed E-state index contributed by atoms with van der Waals surface area (Å²) in [6.45, 7) is 3.32. The van der Waals surface area contributed by atoms with Crippen LogP contribution in [-0.2, 0) is 6.42 Å². The van der Waals surface area contributed by atoms with Gasteiger partial charge in [-0.3, -0.25) is 0 Å². The first kappa shape index (κ1) is 12.4. The van der Waals surface area contributed by atoms with E-state index in [1.807, 2.05) is 0 Å². The van der Waals surface area contributed by atoms with Crippen LogP contribution in [0.3, 0.4) is 0 Å². The number of pyridine rings is 1. The Hall–Kier alpha value is -1.62. The van der Waals surface area contributed by atoms with Gasteiger partial charge in [0.15, 0.2) is 5.69 Å². The molecule has 0 fully saturated rings. The number of rotatable bonds is 3. The number of carboxylic acids is 2. The number of halogens is 1. The average Bonchev–Trinajstić information content (AvgIpc) is 2.16. The molecule has 1 aromatic heterocycles. The summed E-state index contributed by atoms with van der Waals surface area (Å²) in [6.07, 6.45) is 0.498. The molecule has 0 radical (unpaired) electrons. The molecule has 5 nitrogen and oxygen atoms in total. The van der Waals surface area contributed by atoms with E-state index >= 15 is 0 Å². The molecule has 2 N–H and O–H groups in total. The lowest BCUT2D eigenvalue weighted by Gasteiger charge is -2.10. The van der Waals surface area contributed by atoms with E-state index < -0.39 is 17.6 Å². The molecule has 0 aliphatic heterocycles. The molecule has 1 aromatic rings. The highest BCUT2D eigenvalue weighted by Crippen LogP contribution is 2.24. The van der Waals surface area contributed by atoms with Gasteiger partial charge in [-0.25, -0.2) is 14.6 Å². The lowest BCUT2D eigenvalue weighted by molar-refractivity contribution is 0.0645. The molecule has 0 aliphatic rings. The second-order valence-electron chi connectivity index (χ2n) is 3.19. The zero-order valence-electron chi connectivity index (χ0n) is 8.74. The zero-order valence-corrected chi connectivity index (χ0v) is 9.50. The molecule has 0 aromatic carbocycles. The van der Waals surface area contributed by atoms with Crippen LogP contribution < -0.4 is 0 Å². The van der Waals surface area contributed by atoms with E-state index in [1.54, 1.807) is 6.92 Å². The maximum Gasteiger partial charge on any atom is 0.355 e. The van der Waals surface area contributed by atoms with Crippen LogP contribution in [0.2, 0.25) is 5.15 Å². The summed E-state index contributed by atoms with van der Waals surface area (Å²) in [4.78, 5) is 25.4. The van der Waals surface area contributed by atoms with E-state index in [9.17, 15) is 9.59 Å². The Morgan fingerprint density at radius 3 is 2.25 bits per heavy atom. The van der Waals surface area contributed by atoms with Gasteiger partial charge in [0, 0.05) is 0 Å². The SMILES string of the molecule is CCc1c(Cl)nc(C(=O)O)c(C(=O)O)c1C. The molecule has 1 heterocycles. The van der Waals surface area contributed by atoms with Crippen molar-refractivity contribution in [3.8, 4) is 0 Å². The minimum atomic E-state index is -1.40. The van der Waals surface area contributed by atoms with Crippen LogP contribution in [0.25, 0.3) is 0 Å². The summed E-state index contributed by atoms with van der Waals surface area (Å²) in [6, 6.07) is 0. The van der Waals surface area contributed by atoms with Crippen molar-refractivity contribution in [1.82, 2.24) is 4.98 Å². The molecular weight excluding hydrogens is 234 g/mol. The van der Waals surface area contributed by atoms with Crippen LogP contribution in [0.1, 0.15) is 38.9 Å². The molecule has 0 bridgehead atoms. The predicted molar refractivity (Wildman–Crippen MR) is 57.3 cm³/mol. The topological polar surface area (TPSA) is 87.5 Å². The van der Waals surface area contributed by atoms with Gasteiger partial charge in [0.25, 0.3) is 0 Å². The van der Waals surface area contributed by atoms with Gasteiger partial charge in [-0.05, 0) is 24.5 Å². The van der Waals surface area contributed by atoms with Crippen molar-refractivity contribution < 1.29 is 19.8 Å². The molecule has 0 amide bonds. The molecule has 0 unspecified atom stereocenters. The minimum absolute atomic E-state index is 0.0439.